The third-order valence-corrected chi connectivity index (χ3v) is 6.16. The van der Waals surface area contributed by atoms with Crippen LogP contribution in [0, 0.1) is 25.2 Å². The fourth-order valence-electron chi connectivity index (χ4n) is 4.62. The van der Waals surface area contributed by atoms with Crippen LogP contribution in [0.5, 0.6) is 0 Å². The van der Waals surface area contributed by atoms with Gasteiger partial charge in [0.15, 0.2) is 11.1 Å². The van der Waals surface area contributed by atoms with Crippen LogP contribution < -0.4 is 5.43 Å². The minimum Gasteiger partial charge on any atom is -0.308 e. The van der Waals surface area contributed by atoms with Gasteiger partial charge < -0.3 is 4.57 Å². The molecule has 2 aromatic heterocycles. The first-order valence-corrected chi connectivity index (χ1v) is 11.2. The van der Waals surface area contributed by atoms with Crippen molar-refractivity contribution >= 4 is 32.7 Å². The molecule has 3 aromatic carbocycles. The maximum Gasteiger partial charge on any atom is 0.194 e. The molecule has 0 amide bonds. The normalized spacial score (nSPS) is 11.3. The van der Waals surface area contributed by atoms with Crippen molar-refractivity contribution in [3.8, 4) is 6.07 Å². The molecule has 0 radical (unpaired) electrons. The number of hydrogen-bond donors (Lipinski definition) is 0. The standard InChI is InChI=1S/C28H24N4O/c1-4-7-25-31-26-17(2)12-18(3)30-28(26)32(25)16-19-10-11-22-21(15-29)14-20-8-5-6-9-23(20)27(33)24(22)13-19/h5-6,8-14H,4,7,16H2,1-3H3. The molecule has 0 bridgehead atoms. The van der Waals surface area contributed by atoms with Crippen molar-refractivity contribution in [1.29, 1.82) is 5.26 Å². The Morgan fingerprint density at radius 3 is 2.58 bits per heavy atom. The summed E-state index contributed by atoms with van der Waals surface area (Å²) in [6.45, 7) is 6.77. The van der Waals surface area contributed by atoms with Crippen LogP contribution in [0.4, 0.5) is 0 Å². The van der Waals surface area contributed by atoms with E-state index in [1.54, 1.807) is 6.07 Å². The molecule has 5 rings (SSSR count). The Labute approximate surface area is 192 Å². The topological polar surface area (TPSA) is 71.6 Å². The summed E-state index contributed by atoms with van der Waals surface area (Å²) in [6.07, 6.45) is 1.84. The van der Waals surface area contributed by atoms with Gasteiger partial charge in [-0.25, -0.2) is 9.97 Å². The van der Waals surface area contributed by atoms with Crippen LogP contribution in [0.1, 0.15) is 41.6 Å². The molecule has 0 saturated carbocycles. The summed E-state index contributed by atoms with van der Waals surface area (Å²) in [5.41, 5.74) is 5.31. The van der Waals surface area contributed by atoms with Gasteiger partial charge in [-0.15, -0.1) is 0 Å². The number of aromatic nitrogens is 3. The van der Waals surface area contributed by atoms with Gasteiger partial charge in [-0.05, 0) is 55.0 Å². The number of rotatable bonds is 4. The maximum absolute atomic E-state index is 13.4. The highest BCUT2D eigenvalue weighted by Crippen LogP contribution is 2.24. The van der Waals surface area contributed by atoms with Gasteiger partial charge in [0, 0.05) is 28.3 Å². The van der Waals surface area contributed by atoms with Crippen LogP contribution in [0.3, 0.4) is 0 Å². The Kier molecular flexibility index (Phi) is 5.14. The molecule has 0 atom stereocenters. The van der Waals surface area contributed by atoms with Gasteiger partial charge in [-0.1, -0.05) is 43.3 Å². The van der Waals surface area contributed by atoms with Crippen molar-refractivity contribution in [2.45, 2.75) is 40.2 Å². The Morgan fingerprint density at radius 2 is 1.79 bits per heavy atom. The number of nitriles is 1. The lowest BCUT2D eigenvalue weighted by molar-refractivity contribution is 0.716. The molecule has 0 aliphatic heterocycles. The molecule has 0 aliphatic rings. The summed E-state index contributed by atoms with van der Waals surface area (Å²) in [5, 5.41) is 12.4. The van der Waals surface area contributed by atoms with Crippen LogP contribution in [-0.4, -0.2) is 14.5 Å². The second kappa shape index (κ2) is 8.14. The van der Waals surface area contributed by atoms with Crippen LogP contribution in [0.2, 0.25) is 0 Å². The number of nitrogens with zero attached hydrogens (tertiary/aromatic N) is 4. The highest BCUT2D eigenvalue weighted by Gasteiger charge is 2.15. The summed E-state index contributed by atoms with van der Waals surface area (Å²) in [5.74, 6) is 0.998. The number of hydrogen-bond acceptors (Lipinski definition) is 4. The van der Waals surface area contributed by atoms with E-state index in [-0.39, 0.29) is 5.43 Å². The third-order valence-electron chi connectivity index (χ3n) is 6.16. The SMILES string of the molecule is CCCc1nc2c(C)cc(C)nc2n1Cc1ccc2c(C#N)cc3ccccc3c(=O)c2c1. The zero-order valence-electron chi connectivity index (χ0n) is 19.0. The molecular formula is C28H24N4O. The molecule has 33 heavy (non-hydrogen) atoms. The number of pyridine rings is 1. The van der Waals surface area contributed by atoms with Gasteiger partial charge >= 0.3 is 0 Å². The molecule has 0 spiro atoms. The van der Waals surface area contributed by atoms with E-state index in [1.807, 2.05) is 49.4 Å². The molecule has 5 nitrogen and oxygen atoms in total. The second-order valence-corrected chi connectivity index (χ2v) is 8.58. The van der Waals surface area contributed by atoms with Gasteiger partial charge in [-0.2, -0.15) is 5.26 Å². The average molecular weight is 433 g/mol. The zero-order valence-corrected chi connectivity index (χ0v) is 19.0. The maximum atomic E-state index is 13.4. The van der Waals surface area contributed by atoms with Gasteiger partial charge in [0.1, 0.15) is 11.3 Å². The number of aryl methyl sites for hydroxylation is 3. The lowest BCUT2D eigenvalue weighted by Crippen LogP contribution is -2.07. The molecular weight excluding hydrogens is 408 g/mol. The van der Waals surface area contributed by atoms with Crippen molar-refractivity contribution in [3.05, 3.63) is 93.0 Å². The zero-order chi connectivity index (χ0) is 23.1. The monoisotopic (exact) mass is 432 g/mol. The van der Waals surface area contributed by atoms with E-state index in [2.05, 4.69) is 30.6 Å². The molecule has 162 valence electrons. The predicted octanol–water partition coefficient (Wildman–Crippen LogP) is 5.59. The summed E-state index contributed by atoms with van der Waals surface area (Å²) < 4.78 is 2.16. The molecule has 5 aromatic rings. The minimum absolute atomic E-state index is 0.0574. The van der Waals surface area contributed by atoms with E-state index in [4.69, 9.17) is 9.97 Å². The molecule has 2 heterocycles. The lowest BCUT2D eigenvalue weighted by atomic mass is 10.1. The Balaban J connectivity index is 1.75. The first kappa shape index (κ1) is 20.8. The van der Waals surface area contributed by atoms with Crippen LogP contribution in [0.15, 0.2) is 59.4 Å². The molecule has 5 heteroatoms. The van der Waals surface area contributed by atoms with Crippen LogP contribution in [0.25, 0.3) is 32.7 Å². The van der Waals surface area contributed by atoms with Gasteiger partial charge in [0.05, 0.1) is 18.2 Å². The molecule has 0 aliphatic carbocycles. The summed E-state index contributed by atoms with van der Waals surface area (Å²) in [4.78, 5) is 23.1. The van der Waals surface area contributed by atoms with Crippen molar-refractivity contribution in [1.82, 2.24) is 14.5 Å². The van der Waals surface area contributed by atoms with Gasteiger partial charge in [-0.3, -0.25) is 4.79 Å². The van der Waals surface area contributed by atoms with Crippen molar-refractivity contribution < 1.29 is 0 Å². The summed E-state index contributed by atoms with van der Waals surface area (Å²) in [7, 11) is 0. The van der Waals surface area contributed by atoms with Crippen molar-refractivity contribution in [3.63, 3.8) is 0 Å². The molecule has 0 saturated heterocycles. The van der Waals surface area contributed by atoms with E-state index < -0.39 is 0 Å². The summed E-state index contributed by atoms with van der Waals surface area (Å²) in [6, 6.07) is 19.4. The van der Waals surface area contributed by atoms with E-state index in [0.29, 0.717) is 28.3 Å². The second-order valence-electron chi connectivity index (χ2n) is 8.58. The lowest BCUT2D eigenvalue weighted by Gasteiger charge is -2.10. The Bertz CT molecular complexity index is 1660. The first-order chi connectivity index (χ1) is 16.0. The smallest absolute Gasteiger partial charge is 0.194 e. The molecule has 0 unspecified atom stereocenters. The highest BCUT2D eigenvalue weighted by molar-refractivity contribution is 5.97. The number of imidazole rings is 1. The predicted molar refractivity (Wildman–Crippen MR) is 133 cm³/mol. The fraction of sp³-hybridized carbons (Fsp3) is 0.214. The minimum atomic E-state index is -0.0574. The van der Waals surface area contributed by atoms with Crippen molar-refractivity contribution in [2.24, 2.45) is 0 Å². The number of fused-ring (bicyclic) bond motifs is 3. The third kappa shape index (κ3) is 3.54. The van der Waals surface area contributed by atoms with Crippen LogP contribution >= 0.6 is 0 Å². The fourth-order valence-corrected chi connectivity index (χ4v) is 4.62. The number of benzene rings is 2. The average Bonchev–Trinajstić information content (AvgIpc) is 3.08. The Morgan fingerprint density at radius 1 is 0.970 bits per heavy atom. The van der Waals surface area contributed by atoms with Gasteiger partial charge in [0.2, 0.25) is 0 Å². The Hall–Kier alpha value is -4.04. The first-order valence-electron chi connectivity index (χ1n) is 11.2. The van der Waals surface area contributed by atoms with E-state index in [1.165, 1.54) is 0 Å². The highest BCUT2D eigenvalue weighted by atomic mass is 16.1. The largest absolute Gasteiger partial charge is 0.308 e. The van der Waals surface area contributed by atoms with Crippen molar-refractivity contribution in [2.75, 3.05) is 0 Å². The summed E-state index contributed by atoms with van der Waals surface area (Å²) >= 11 is 0. The van der Waals surface area contributed by atoms with Crippen LogP contribution in [-0.2, 0) is 13.0 Å². The van der Waals surface area contributed by atoms with Gasteiger partial charge in [0.25, 0.3) is 0 Å². The molecule has 0 N–H and O–H groups in total. The molecule has 0 fully saturated rings. The quantitative estimate of drug-likeness (QED) is 0.371. The van der Waals surface area contributed by atoms with E-state index >= 15 is 0 Å². The van der Waals surface area contributed by atoms with E-state index in [0.717, 1.165) is 52.0 Å². The van der Waals surface area contributed by atoms with E-state index in [9.17, 15) is 10.1 Å².